The van der Waals surface area contributed by atoms with Gasteiger partial charge in [0.15, 0.2) is 0 Å². The molecule has 0 bridgehead atoms. The van der Waals surface area contributed by atoms with E-state index in [2.05, 4.69) is 45.2 Å². The molecule has 0 saturated heterocycles. The van der Waals surface area contributed by atoms with Crippen LogP contribution in [0.4, 0.5) is 0 Å². The van der Waals surface area contributed by atoms with Gasteiger partial charge in [-0.25, -0.2) is 0 Å². The molecule has 0 nitrogen and oxygen atoms in total. The molecule has 0 spiro atoms. The van der Waals surface area contributed by atoms with Gasteiger partial charge in [0.2, 0.25) is 0 Å². The summed E-state index contributed by atoms with van der Waals surface area (Å²) < 4.78 is 0. The molecule has 0 radical (unpaired) electrons. The maximum atomic E-state index is 3.56. The van der Waals surface area contributed by atoms with Crippen molar-refractivity contribution in [2.24, 2.45) is 0 Å². The third-order valence-corrected chi connectivity index (χ3v) is 0.515. The Bertz CT molecular complexity index is 158. The molecule has 0 aliphatic rings. The van der Waals surface area contributed by atoms with Gasteiger partial charge in [0.25, 0.3) is 0 Å². The minimum atomic E-state index is 1.02. The van der Waals surface area contributed by atoms with E-state index in [1.807, 2.05) is 6.92 Å². The van der Waals surface area contributed by atoms with Crippen LogP contribution in [-0.2, 0) is 0 Å². The van der Waals surface area contributed by atoms with Gasteiger partial charge in [-0.3, -0.25) is 0 Å². The number of hydrogen-bond acceptors (Lipinski definition) is 0. The highest BCUT2D eigenvalue weighted by Crippen LogP contribution is 1.81. The van der Waals surface area contributed by atoms with Crippen molar-refractivity contribution in [3.63, 3.8) is 0 Å². The lowest BCUT2D eigenvalue weighted by molar-refractivity contribution is 1.58. The first-order valence-electron chi connectivity index (χ1n) is 3.41. The fraction of sp³-hybridized carbons (Fsp3) is 0.0833. The molecule has 0 aliphatic carbocycles. The lowest BCUT2D eigenvalue weighted by Gasteiger charge is -1.71. The summed E-state index contributed by atoms with van der Waals surface area (Å²) in [6.07, 6.45) is 5.00. The Kier molecular flexibility index (Phi) is 31.8. The standard InChI is InChI=1S/C5H8.C4H6.C3H4/c1-4-5(2)3;1-3-4-2;1-3-2/h4H,1-2H2,3H3;3-4H,1-2H2;1-2H2. The van der Waals surface area contributed by atoms with Gasteiger partial charge in [-0.15, -0.1) is 5.73 Å². The SMILES string of the molecule is C=C=C.C=CC(=C)C.C=CC=C. The molecule has 0 aromatic carbocycles. The Hall–Kier alpha value is -1.52. The van der Waals surface area contributed by atoms with Gasteiger partial charge in [-0.1, -0.05) is 63.3 Å². The van der Waals surface area contributed by atoms with Crippen molar-refractivity contribution in [1.82, 2.24) is 0 Å². The lowest BCUT2D eigenvalue weighted by Crippen LogP contribution is -1.50. The third kappa shape index (κ3) is 217. The highest BCUT2D eigenvalue weighted by atomic mass is 13.7. The van der Waals surface area contributed by atoms with Crippen molar-refractivity contribution in [1.29, 1.82) is 0 Å². The van der Waals surface area contributed by atoms with E-state index in [4.69, 9.17) is 0 Å². The molecule has 0 heterocycles. The van der Waals surface area contributed by atoms with E-state index in [1.54, 1.807) is 18.2 Å². The summed E-state index contributed by atoms with van der Waals surface area (Å²) in [4.78, 5) is 0. The van der Waals surface area contributed by atoms with Gasteiger partial charge in [0, 0.05) is 0 Å². The van der Waals surface area contributed by atoms with E-state index in [1.165, 1.54) is 0 Å². The summed E-state index contributed by atoms with van der Waals surface area (Å²) >= 11 is 0. The first kappa shape index (κ1) is 16.8. The van der Waals surface area contributed by atoms with Crippen LogP contribution in [0.3, 0.4) is 0 Å². The molecule has 0 unspecified atom stereocenters. The van der Waals surface area contributed by atoms with Crippen LogP contribution in [-0.4, -0.2) is 0 Å². The molecular weight excluding hydrogens is 144 g/mol. The quantitative estimate of drug-likeness (QED) is 0.424. The maximum Gasteiger partial charge on any atom is -0.0404 e. The molecule has 0 N–H and O–H groups in total. The first-order chi connectivity index (χ1) is 5.60. The van der Waals surface area contributed by atoms with Crippen LogP contribution in [0.5, 0.6) is 0 Å². The highest BCUT2D eigenvalue weighted by molar-refractivity contribution is 5.05. The molecule has 66 valence electrons. The van der Waals surface area contributed by atoms with Gasteiger partial charge in [-0.05, 0) is 6.92 Å². The van der Waals surface area contributed by atoms with Gasteiger partial charge < -0.3 is 0 Å². The Balaban J connectivity index is -0.000000105. The van der Waals surface area contributed by atoms with Crippen LogP contribution in [0.1, 0.15) is 6.92 Å². The van der Waals surface area contributed by atoms with Gasteiger partial charge in [0.05, 0.1) is 0 Å². The summed E-state index contributed by atoms with van der Waals surface area (Å²) in [5, 5.41) is 0. The van der Waals surface area contributed by atoms with E-state index in [-0.39, 0.29) is 0 Å². The molecule has 0 fully saturated rings. The van der Waals surface area contributed by atoms with Crippen LogP contribution in [0.25, 0.3) is 0 Å². The van der Waals surface area contributed by atoms with Crippen LogP contribution in [0, 0.1) is 0 Å². The molecular formula is C12H18. The van der Waals surface area contributed by atoms with Crippen LogP contribution < -0.4 is 0 Å². The van der Waals surface area contributed by atoms with Crippen molar-refractivity contribution in [2.75, 3.05) is 0 Å². The van der Waals surface area contributed by atoms with Crippen molar-refractivity contribution in [3.05, 3.63) is 69.0 Å². The van der Waals surface area contributed by atoms with E-state index in [0.717, 1.165) is 5.57 Å². The van der Waals surface area contributed by atoms with Crippen LogP contribution in [0.2, 0.25) is 0 Å². The molecule has 12 heavy (non-hydrogen) atoms. The summed E-state index contributed by atoms with van der Waals surface area (Å²) in [7, 11) is 0. The van der Waals surface area contributed by atoms with E-state index >= 15 is 0 Å². The van der Waals surface area contributed by atoms with E-state index in [9.17, 15) is 0 Å². The topological polar surface area (TPSA) is 0 Å². The molecule has 0 amide bonds. The molecule has 0 rings (SSSR count). The average Bonchev–Trinajstić information content (AvgIpc) is 2.06. The second-order valence-corrected chi connectivity index (χ2v) is 1.77. The predicted molar refractivity (Wildman–Crippen MR) is 60.2 cm³/mol. The fourth-order valence-corrected chi connectivity index (χ4v) is 0. The number of rotatable bonds is 2. The minimum Gasteiger partial charge on any atom is -0.137 e. The largest absolute Gasteiger partial charge is 0.137 e. The molecule has 0 aromatic heterocycles. The summed E-state index contributed by atoms with van der Waals surface area (Å²) in [5.74, 6) is 0. The Labute approximate surface area is 76.6 Å². The number of allylic oxidation sites excluding steroid dienone is 4. The summed E-state index contributed by atoms with van der Waals surface area (Å²) in [6.45, 7) is 21.9. The zero-order valence-electron chi connectivity index (χ0n) is 7.97. The van der Waals surface area contributed by atoms with Crippen molar-refractivity contribution >= 4 is 0 Å². The normalized spacial score (nSPS) is 5.08. The molecule has 0 saturated carbocycles. The van der Waals surface area contributed by atoms with Crippen molar-refractivity contribution in [3.8, 4) is 0 Å². The second kappa shape index (κ2) is 22.7. The van der Waals surface area contributed by atoms with E-state index < -0.39 is 0 Å². The van der Waals surface area contributed by atoms with Crippen LogP contribution in [0.15, 0.2) is 69.0 Å². The van der Waals surface area contributed by atoms with Gasteiger partial charge in [0.1, 0.15) is 0 Å². The lowest BCUT2D eigenvalue weighted by atomic mass is 10.4. The second-order valence-electron chi connectivity index (χ2n) is 1.77. The Morgan fingerprint density at radius 1 is 1.08 bits per heavy atom. The first-order valence-corrected chi connectivity index (χ1v) is 3.41. The molecule has 0 atom stereocenters. The van der Waals surface area contributed by atoms with E-state index in [0.29, 0.717) is 0 Å². The van der Waals surface area contributed by atoms with Gasteiger partial charge in [-0.2, -0.15) is 0 Å². The summed E-state index contributed by atoms with van der Waals surface area (Å²) in [5.41, 5.74) is 3.27. The van der Waals surface area contributed by atoms with Crippen molar-refractivity contribution in [2.45, 2.75) is 6.92 Å². The maximum absolute atomic E-state index is 3.56. The molecule has 0 aromatic rings. The number of hydrogen-bond donors (Lipinski definition) is 0. The summed E-state index contributed by atoms with van der Waals surface area (Å²) in [6, 6.07) is 0. The smallest absolute Gasteiger partial charge is 0.0404 e. The van der Waals surface area contributed by atoms with Crippen LogP contribution >= 0.6 is 0 Å². The minimum absolute atomic E-state index is 1.02. The fourth-order valence-electron chi connectivity index (χ4n) is 0. The Morgan fingerprint density at radius 2 is 1.25 bits per heavy atom. The Morgan fingerprint density at radius 3 is 1.25 bits per heavy atom. The zero-order chi connectivity index (χ0) is 10.4. The molecule has 0 aliphatic heterocycles. The average molecular weight is 162 g/mol. The predicted octanol–water partition coefficient (Wildman–Crippen LogP) is 4.06. The zero-order valence-corrected chi connectivity index (χ0v) is 7.97. The highest BCUT2D eigenvalue weighted by Gasteiger charge is 1.59. The molecule has 0 heteroatoms. The monoisotopic (exact) mass is 162 g/mol. The van der Waals surface area contributed by atoms with Gasteiger partial charge >= 0.3 is 0 Å². The van der Waals surface area contributed by atoms with Crippen molar-refractivity contribution < 1.29 is 0 Å². The third-order valence-electron chi connectivity index (χ3n) is 0.515.